The van der Waals surface area contributed by atoms with E-state index in [0.717, 1.165) is 6.08 Å². The highest BCUT2D eigenvalue weighted by Crippen LogP contribution is 2.45. The predicted octanol–water partition coefficient (Wildman–Crippen LogP) is -5.92. The van der Waals surface area contributed by atoms with E-state index in [9.17, 15) is 90.7 Å². The maximum atomic E-state index is 13.1. The van der Waals surface area contributed by atoms with Crippen LogP contribution in [-0.2, 0) is 66.5 Å². The van der Waals surface area contributed by atoms with Crippen molar-refractivity contribution in [2.75, 3.05) is 26.9 Å². The topological polar surface area (TPSA) is 477 Å². The van der Waals surface area contributed by atoms with Crippen LogP contribution in [0.3, 0.4) is 0 Å². The summed E-state index contributed by atoms with van der Waals surface area (Å²) in [5.74, 6) is -6.23. The first kappa shape index (κ1) is 67.4. The van der Waals surface area contributed by atoms with Gasteiger partial charge in [-0.3, -0.25) is 9.59 Å². The molecular weight excluding hydrogens is 1140 g/mol. The number of ether oxygens (including phenoxy) is 11. The summed E-state index contributed by atoms with van der Waals surface area (Å²) in [4.78, 5) is 49.2. The number of hydrogen-bond donors (Lipinski definition) is 15. The first-order chi connectivity index (χ1) is 40.4. The molecule has 4 aliphatic carbocycles. The number of rotatable bonds is 20. The average molecular weight is 1230 g/mol. The van der Waals surface area contributed by atoms with Gasteiger partial charge in [0.05, 0.1) is 48.6 Å². The number of allylic oxidation sites excluding steroid dienone is 2. The molecule has 30 nitrogen and oxygen atoms in total. The summed E-state index contributed by atoms with van der Waals surface area (Å²) in [6.45, 7) is -2.19. The van der Waals surface area contributed by atoms with Crippen molar-refractivity contribution in [3.63, 3.8) is 0 Å². The number of methoxy groups -OCH3 is 1. The van der Waals surface area contributed by atoms with Crippen molar-refractivity contribution in [3.05, 3.63) is 24.3 Å². The quantitative estimate of drug-likeness (QED) is 0.0177. The Kier molecular flexibility index (Phi) is 24.1. The number of fused-ring (bicyclic) bond motifs is 1. The Morgan fingerprint density at radius 3 is 1.58 bits per heavy atom. The SMILES string of the molecule is COC1CC(C=CC(=O)OC[C@H]2O[C@@H](O[C@H]3[C@H](OC4CC5C(O[C@@H]6O[C@H](COC(=O)CC(=O)O)[C@@H](O)[C@H](O)[C@H]6O)CC(O)CC5[OH+]C4C4CC(O)C(O)C(O)C4)O[C@H](COC(=O)C=CC4CCC(O)CC4)[C@@H](O)[C@@H]3O)[C@H](O)[C@@H](O)[C@@H]2O)CCC1O. The summed E-state index contributed by atoms with van der Waals surface area (Å²) in [5.41, 5.74) is 0. The molecule has 16 N–H and O–H groups in total. The van der Waals surface area contributed by atoms with Crippen molar-refractivity contribution in [1.82, 2.24) is 0 Å². The van der Waals surface area contributed by atoms with Crippen LogP contribution in [0.5, 0.6) is 0 Å². The second-order valence-electron chi connectivity index (χ2n) is 23.8. The van der Waals surface area contributed by atoms with Crippen molar-refractivity contribution >= 4 is 23.9 Å². The first-order valence-corrected chi connectivity index (χ1v) is 29.1. The Bertz CT molecular complexity index is 2220. The molecule has 0 radical (unpaired) electrons. The number of hydrogen-bond acceptors (Lipinski definition) is 28. The van der Waals surface area contributed by atoms with Crippen LogP contribution in [-0.4, -0.2) is 291 Å². The van der Waals surface area contributed by atoms with Gasteiger partial charge in [-0.05, 0) is 76.0 Å². The van der Waals surface area contributed by atoms with Crippen LogP contribution in [0.25, 0.3) is 0 Å². The van der Waals surface area contributed by atoms with Crippen molar-refractivity contribution in [1.29, 1.82) is 0 Å². The lowest BCUT2D eigenvalue weighted by Crippen LogP contribution is -2.66. The van der Waals surface area contributed by atoms with Crippen LogP contribution in [0.4, 0.5) is 0 Å². The zero-order chi connectivity index (χ0) is 61.6. The minimum atomic E-state index is -2.10. The molecule has 4 saturated carbocycles. The molecule has 85 heavy (non-hydrogen) atoms. The molecule has 8 fully saturated rings. The summed E-state index contributed by atoms with van der Waals surface area (Å²) in [5, 5.41) is 163. The zero-order valence-electron chi connectivity index (χ0n) is 46.8. The molecule has 4 heterocycles. The van der Waals surface area contributed by atoms with Gasteiger partial charge in [-0.15, -0.1) is 0 Å². The van der Waals surface area contributed by atoms with Crippen LogP contribution in [0.2, 0.25) is 0 Å². The largest absolute Gasteiger partial charge is 0.481 e. The number of aliphatic hydroxyl groups is 16. The van der Waals surface area contributed by atoms with Crippen LogP contribution in [0, 0.1) is 23.7 Å². The number of carbonyl (C=O) groups excluding carboxylic acids is 3. The van der Waals surface area contributed by atoms with E-state index in [0.29, 0.717) is 44.9 Å². The molecule has 0 aromatic carbocycles. The van der Waals surface area contributed by atoms with Crippen LogP contribution >= 0.6 is 0 Å². The number of aliphatic carboxylic acids is 1. The van der Waals surface area contributed by atoms with Gasteiger partial charge < -0.3 is 129 Å². The fourth-order valence-electron chi connectivity index (χ4n) is 12.9. The third kappa shape index (κ3) is 17.1. The minimum absolute atomic E-state index is 0.00507. The van der Waals surface area contributed by atoms with Gasteiger partial charge in [0, 0.05) is 38.0 Å². The molecule has 4 saturated heterocycles. The van der Waals surface area contributed by atoms with E-state index >= 15 is 0 Å². The Morgan fingerprint density at radius 2 is 1.00 bits per heavy atom. The van der Waals surface area contributed by atoms with Gasteiger partial charge in [0.15, 0.2) is 31.1 Å². The molecule has 4 aliphatic heterocycles. The van der Waals surface area contributed by atoms with E-state index in [2.05, 4.69) is 0 Å². The van der Waals surface area contributed by atoms with Crippen LogP contribution in [0.15, 0.2) is 24.3 Å². The highest BCUT2D eigenvalue weighted by Gasteiger charge is 2.59. The van der Waals surface area contributed by atoms with Gasteiger partial charge in [-0.1, -0.05) is 12.2 Å². The van der Waals surface area contributed by atoms with E-state index in [-0.39, 0.29) is 43.9 Å². The monoisotopic (exact) mass is 1230 g/mol. The Balaban J connectivity index is 1.05. The van der Waals surface area contributed by atoms with Gasteiger partial charge in [-0.2, -0.15) is 0 Å². The Labute approximate surface area is 488 Å². The standard InChI is InChI=1S/C55H84O30/c1-75-33-12-23(4-9-28(33)58)6-11-40(64)76-19-35-43(67)47(71)50(74)54(83-35)85-52-48(72)45(69)37(20-77-39(63)10-5-22-2-7-25(56)8-3-22)84-55(52)81-34-17-27-31(79-51(34)24-13-29(59)42(66)30(60)14-24)15-26(57)16-32(27)80-53-49(73)46(70)44(68)36(82-53)21-78-41(65)18-38(61)62/h5-6,10-11,22-37,42-60,66-74H,2-4,7-9,12-21H2,1H3,(H,61,62)/p+1/t22?,23?,24?,25?,26?,27?,28?,29?,30?,31?,32?,33?,34?,35-,36-,37-,42?,43-,44-,45-,46+,47+,48+,49-,50-,51?,52-,53-,54+,55-/m1/s1. The number of carboxylic acid groups (broad SMARTS) is 1. The normalized spacial score (nSPS) is 46.3. The lowest BCUT2D eigenvalue weighted by atomic mass is 9.72. The maximum Gasteiger partial charge on any atom is 0.330 e. The fraction of sp³-hybridized carbons (Fsp3) is 0.855. The molecular formula is C55H85O30+. The van der Waals surface area contributed by atoms with Crippen LogP contribution < -0.4 is 0 Å². The zero-order valence-corrected chi connectivity index (χ0v) is 46.8. The van der Waals surface area contributed by atoms with Gasteiger partial charge in [0.2, 0.25) is 0 Å². The second kappa shape index (κ2) is 30.3. The summed E-state index contributed by atoms with van der Waals surface area (Å²) in [6, 6.07) is 0. The van der Waals surface area contributed by atoms with Crippen molar-refractivity contribution in [2.45, 2.75) is 243 Å². The third-order valence-corrected chi connectivity index (χ3v) is 17.8. The summed E-state index contributed by atoms with van der Waals surface area (Å²) < 4.78 is 63.4. The van der Waals surface area contributed by atoms with Crippen molar-refractivity contribution in [2.24, 2.45) is 23.7 Å². The summed E-state index contributed by atoms with van der Waals surface area (Å²) in [7, 11) is 1.46. The van der Waals surface area contributed by atoms with Gasteiger partial charge in [-0.25, -0.2) is 9.59 Å². The van der Waals surface area contributed by atoms with E-state index in [1.807, 2.05) is 0 Å². The molecule has 26 atom stereocenters. The Morgan fingerprint density at radius 1 is 0.482 bits per heavy atom. The van der Waals surface area contributed by atoms with E-state index in [1.54, 1.807) is 12.2 Å². The average Bonchev–Trinajstić information content (AvgIpc) is 1.95. The highest BCUT2D eigenvalue weighted by molar-refractivity contribution is 5.90. The second-order valence-corrected chi connectivity index (χ2v) is 23.8. The molecule has 484 valence electrons. The summed E-state index contributed by atoms with van der Waals surface area (Å²) in [6.07, 6.45) is -32.2. The van der Waals surface area contributed by atoms with Gasteiger partial charge >= 0.3 is 23.9 Å². The maximum absolute atomic E-state index is 13.1. The number of carboxylic acids is 1. The van der Waals surface area contributed by atoms with E-state index in [4.69, 9.17) is 57.2 Å². The molecule has 8 aliphatic rings. The molecule has 0 bridgehead atoms. The third-order valence-electron chi connectivity index (χ3n) is 17.8. The smallest absolute Gasteiger partial charge is 0.330 e. The lowest BCUT2D eigenvalue weighted by molar-refractivity contribution is -0.390. The lowest BCUT2D eigenvalue weighted by Gasteiger charge is -2.51. The van der Waals surface area contributed by atoms with Crippen molar-refractivity contribution < 1.29 is 148 Å². The van der Waals surface area contributed by atoms with E-state index in [1.165, 1.54) is 13.2 Å². The predicted molar refractivity (Wildman–Crippen MR) is 278 cm³/mol. The Hall–Kier alpha value is -3.52. The minimum Gasteiger partial charge on any atom is -0.481 e. The van der Waals surface area contributed by atoms with E-state index < -0.39 is 221 Å². The highest BCUT2D eigenvalue weighted by atomic mass is 16.8. The molecule has 0 aromatic heterocycles. The van der Waals surface area contributed by atoms with Crippen LogP contribution in [0.1, 0.15) is 83.5 Å². The number of carbonyl (C=O) groups is 4. The molecule has 0 amide bonds. The number of aliphatic hydroxyl groups excluding tert-OH is 14. The van der Waals surface area contributed by atoms with Gasteiger partial charge in [0.25, 0.3) is 0 Å². The fourth-order valence-corrected chi connectivity index (χ4v) is 12.9. The summed E-state index contributed by atoms with van der Waals surface area (Å²) >= 11 is 0. The number of esters is 3. The molecule has 0 aromatic rings. The molecule has 8 rings (SSSR count). The molecule has 0 spiro atoms. The first-order valence-electron chi connectivity index (χ1n) is 29.1. The van der Waals surface area contributed by atoms with Crippen molar-refractivity contribution in [3.8, 4) is 0 Å². The van der Waals surface area contributed by atoms with Gasteiger partial charge in [0.1, 0.15) is 112 Å². The molecule has 11 unspecified atom stereocenters. The molecule has 30 heteroatoms.